The van der Waals surface area contributed by atoms with Crippen LogP contribution in [0.4, 0.5) is 4.39 Å². The lowest BCUT2D eigenvalue weighted by atomic mass is 10.2. The molecule has 2 rings (SSSR count). The summed E-state index contributed by atoms with van der Waals surface area (Å²) in [6.07, 6.45) is 1.88. The van der Waals surface area contributed by atoms with E-state index in [1.807, 2.05) is 17.7 Å². The summed E-state index contributed by atoms with van der Waals surface area (Å²) in [7, 11) is 1.56. The van der Waals surface area contributed by atoms with Gasteiger partial charge in [-0.15, -0.1) is 23.1 Å². The Morgan fingerprint density at radius 3 is 2.93 bits per heavy atom. The monoisotopic (exact) mass is 228 g/mol. The third-order valence-electron chi connectivity index (χ3n) is 2.03. The molecular formula is C10H9FOS2. The second-order valence-electron chi connectivity index (χ2n) is 2.76. The molecule has 0 bridgehead atoms. The van der Waals surface area contributed by atoms with E-state index in [0.717, 1.165) is 10.1 Å². The van der Waals surface area contributed by atoms with Gasteiger partial charge in [-0.25, -0.2) is 4.39 Å². The molecule has 1 nitrogen and oxygen atoms in total. The predicted octanol–water partition coefficient (Wildman–Crippen LogP) is 3.77. The predicted molar refractivity (Wildman–Crippen MR) is 60.1 cm³/mol. The van der Waals surface area contributed by atoms with Crippen LogP contribution < -0.4 is 4.74 Å². The highest BCUT2D eigenvalue weighted by atomic mass is 32.2. The van der Waals surface area contributed by atoms with Crippen molar-refractivity contribution in [1.82, 2.24) is 0 Å². The van der Waals surface area contributed by atoms with Crippen molar-refractivity contribution >= 4 is 33.2 Å². The molecule has 0 spiro atoms. The molecule has 74 valence electrons. The van der Waals surface area contributed by atoms with Gasteiger partial charge in [0.1, 0.15) is 11.6 Å². The molecule has 2 aromatic rings. The number of thioether (sulfide) groups is 1. The Labute approximate surface area is 89.9 Å². The Balaban J connectivity index is 2.81. The van der Waals surface area contributed by atoms with Crippen LogP contribution in [0.2, 0.25) is 0 Å². The van der Waals surface area contributed by atoms with Crippen molar-refractivity contribution in [3.63, 3.8) is 0 Å². The normalized spacial score (nSPS) is 10.8. The van der Waals surface area contributed by atoms with E-state index < -0.39 is 0 Å². The topological polar surface area (TPSA) is 9.23 Å². The van der Waals surface area contributed by atoms with Gasteiger partial charge in [-0.05, 0) is 17.7 Å². The van der Waals surface area contributed by atoms with Gasteiger partial charge < -0.3 is 4.74 Å². The van der Waals surface area contributed by atoms with E-state index in [9.17, 15) is 4.39 Å². The van der Waals surface area contributed by atoms with Crippen LogP contribution in [0.3, 0.4) is 0 Å². The molecule has 1 heterocycles. The van der Waals surface area contributed by atoms with Crippen molar-refractivity contribution in [3.8, 4) is 5.75 Å². The van der Waals surface area contributed by atoms with E-state index in [-0.39, 0.29) is 5.82 Å². The zero-order chi connectivity index (χ0) is 10.1. The van der Waals surface area contributed by atoms with Gasteiger partial charge in [0.2, 0.25) is 0 Å². The average molecular weight is 228 g/mol. The molecule has 0 aliphatic carbocycles. The molecule has 0 amide bonds. The number of ether oxygens (including phenoxy) is 1. The van der Waals surface area contributed by atoms with Crippen molar-refractivity contribution in [2.75, 3.05) is 13.4 Å². The van der Waals surface area contributed by atoms with E-state index in [4.69, 9.17) is 4.74 Å². The second-order valence-corrected chi connectivity index (χ2v) is 4.49. The summed E-state index contributed by atoms with van der Waals surface area (Å²) in [5.74, 6) is 0.408. The Morgan fingerprint density at radius 2 is 2.29 bits per heavy atom. The van der Waals surface area contributed by atoms with Crippen molar-refractivity contribution in [1.29, 1.82) is 0 Å². The Hall–Kier alpha value is -0.740. The van der Waals surface area contributed by atoms with Crippen molar-refractivity contribution in [2.45, 2.75) is 4.90 Å². The number of fused-ring (bicyclic) bond motifs is 1. The van der Waals surface area contributed by atoms with Crippen molar-refractivity contribution in [2.24, 2.45) is 0 Å². The number of halogens is 1. The number of methoxy groups -OCH3 is 1. The molecule has 14 heavy (non-hydrogen) atoms. The number of benzene rings is 1. The van der Waals surface area contributed by atoms with Crippen LogP contribution in [-0.4, -0.2) is 13.4 Å². The molecule has 0 N–H and O–H groups in total. The van der Waals surface area contributed by atoms with E-state index in [1.165, 1.54) is 17.8 Å². The lowest BCUT2D eigenvalue weighted by molar-refractivity contribution is 0.416. The molecule has 0 atom stereocenters. The van der Waals surface area contributed by atoms with E-state index >= 15 is 0 Å². The molecule has 0 aliphatic heterocycles. The van der Waals surface area contributed by atoms with Crippen LogP contribution in [0.1, 0.15) is 0 Å². The van der Waals surface area contributed by atoms with E-state index in [2.05, 4.69) is 0 Å². The fraction of sp³-hybridized carbons (Fsp3) is 0.200. The lowest BCUT2D eigenvalue weighted by Crippen LogP contribution is -1.87. The summed E-state index contributed by atoms with van der Waals surface area (Å²) in [5, 5.41) is 2.89. The standard InChI is InChI=1S/C10H9FOS2/c1-12-8-5-7(11)9(13-2)6-3-4-14-10(6)8/h3-5H,1-2H3. The SMILES string of the molecule is COc1cc(F)c(SC)c2ccsc12. The zero-order valence-electron chi connectivity index (χ0n) is 7.83. The quantitative estimate of drug-likeness (QED) is 0.724. The largest absolute Gasteiger partial charge is 0.495 e. The maximum absolute atomic E-state index is 13.5. The fourth-order valence-corrected chi connectivity index (χ4v) is 3.02. The first-order valence-electron chi connectivity index (χ1n) is 4.05. The van der Waals surface area contributed by atoms with Gasteiger partial charge in [0.25, 0.3) is 0 Å². The van der Waals surface area contributed by atoms with E-state index in [0.29, 0.717) is 10.6 Å². The summed E-state index contributed by atoms with van der Waals surface area (Å²) < 4.78 is 19.7. The molecule has 0 saturated carbocycles. The van der Waals surface area contributed by atoms with Gasteiger partial charge in [-0.3, -0.25) is 0 Å². The smallest absolute Gasteiger partial charge is 0.141 e. The van der Waals surface area contributed by atoms with Gasteiger partial charge in [-0.2, -0.15) is 0 Å². The molecule has 0 fully saturated rings. The summed E-state index contributed by atoms with van der Waals surface area (Å²) in [4.78, 5) is 0.696. The number of hydrogen-bond acceptors (Lipinski definition) is 3. The third kappa shape index (κ3) is 1.38. The van der Waals surface area contributed by atoms with Crippen molar-refractivity contribution in [3.05, 3.63) is 23.3 Å². The minimum atomic E-state index is -0.208. The second kappa shape index (κ2) is 3.79. The van der Waals surface area contributed by atoms with Crippen LogP contribution in [0.5, 0.6) is 5.75 Å². The highest BCUT2D eigenvalue weighted by Gasteiger charge is 2.12. The Bertz CT molecular complexity index is 464. The number of thiophene rings is 1. The van der Waals surface area contributed by atoms with Gasteiger partial charge >= 0.3 is 0 Å². The molecule has 4 heteroatoms. The highest BCUT2D eigenvalue weighted by Crippen LogP contribution is 2.38. The summed E-state index contributed by atoms with van der Waals surface area (Å²) in [6.45, 7) is 0. The minimum Gasteiger partial charge on any atom is -0.495 e. The van der Waals surface area contributed by atoms with Gasteiger partial charge in [-0.1, -0.05) is 0 Å². The summed E-state index contributed by atoms with van der Waals surface area (Å²) in [5.41, 5.74) is 0. The van der Waals surface area contributed by atoms with Gasteiger partial charge in [0, 0.05) is 11.5 Å². The molecular weight excluding hydrogens is 219 g/mol. The van der Waals surface area contributed by atoms with Crippen molar-refractivity contribution < 1.29 is 9.13 Å². The number of rotatable bonds is 2. The van der Waals surface area contributed by atoms with Gasteiger partial charge in [0.15, 0.2) is 0 Å². The van der Waals surface area contributed by atoms with Crippen LogP contribution >= 0.6 is 23.1 Å². The Kier molecular flexibility index (Phi) is 2.65. The lowest BCUT2D eigenvalue weighted by Gasteiger charge is -2.06. The Morgan fingerprint density at radius 1 is 1.50 bits per heavy atom. The van der Waals surface area contributed by atoms with Crippen LogP contribution in [0, 0.1) is 5.82 Å². The molecule has 0 radical (unpaired) electrons. The minimum absolute atomic E-state index is 0.208. The van der Waals surface area contributed by atoms with Crippen LogP contribution in [-0.2, 0) is 0 Å². The molecule has 1 aromatic heterocycles. The fourth-order valence-electron chi connectivity index (χ4n) is 1.41. The first kappa shape index (κ1) is 9.80. The first-order chi connectivity index (χ1) is 6.77. The number of hydrogen-bond donors (Lipinski definition) is 0. The first-order valence-corrected chi connectivity index (χ1v) is 6.16. The van der Waals surface area contributed by atoms with Gasteiger partial charge in [0.05, 0.1) is 16.7 Å². The van der Waals surface area contributed by atoms with E-state index in [1.54, 1.807) is 18.4 Å². The molecule has 0 aliphatic rings. The maximum atomic E-state index is 13.5. The zero-order valence-corrected chi connectivity index (χ0v) is 9.47. The highest BCUT2D eigenvalue weighted by molar-refractivity contribution is 7.98. The maximum Gasteiger partial charge on any atom is 0.141 e. The van der Waals surface area contributed by atoms with Crippen LogP contribution in [0.15, 0.2) is 22.4 Å². The molecule has 0 unspecified atom stereocenters. The molecule has 0 saturated heterocycles. The summed E-state index contributed by atoms with van der Waals surface area (Å²) in [6, 6.07) is 3.38. The molecule has 1 aromatic carbocycles. The third-order valence-corrected chi connectivity index (χ3v) is 3.78. The summed E-state index contributed by atoms with van der Waals surface area (Å²) >= 11 is 3.00. The van der Waals surface area contributed by atoms with Crippen LogP contribution in [0.25, 0.3) is 10.1 Å². The average Bonchev–Trinajstić information content (AvgIpc) is 2.65.